The minimum Gasteiger partial charge on any atom is -0.494 e. The lowest BCUT2D eigenvalue weighted by Crippen LogP contribution is -2.39. The average Bonchev–Trinajstić information content (AvgIpc) is 2.92. The topological polar surface area (TPSA) is 84.4 Å². The van der Waals surface area contributed by atoms with Crippen LogP contribution >= 0.6 is 0 Å². The molecule has 11 heteroatoms. The van der Waals surface area contributed by atoms with Crippen molar-refractivity contribution < 1.29 is 22.6 Å². The number of hydrogen-bond donors (Lipinski definition) is 2. The van der Waals surface area contributed by atoms with E-state index in [0.29, 0.717) is 13.2 Å². The number of benzene rings is 2. The molecule has 5 heterocycles. The van der Waals surface area contributed by atoms with Gasteiger partial charge in [-0.3, -0.25) is 0 Å². The van der Waals surface area contributed by atoms with Crippen LogP contribution in [0, 0.1) is 5.41 Å². The Bertz CT molecular complexity index is 1300. The van der Waals surface area contributed by atoms with E-state index in [9.17, 15) is 13.2 Å². The summed E-state index contributed by atoms with van der Waals surface area (Å²) in [5.41, 5.74) is 3.58. The number of rotatable bonds is 2. The molecule has 0 saturated heterocycles. The van der Waals surface area contributed by atoms with Crippen molar-refractivity contribution in [2.75, 3.05) is 45.2 Å². The van der Waals surface area contributed by atoms with E-state index in [0.717, 1.165) is 54.2 Å². The maximum atomic E-state index is 12.8. The van der Waals surface area contributed by atoms with Gasteiger partial charge in [-0.2, -0.15) is 28.1 Å². The Morgan fingerprint density at radius 1 is 1.00 bits per heavy atom. The molecule has 0 saturated carbocycles. The smallest absolute Gasteiger partial charge is 0.422 e. The van der Waals surface area contributed by atoms with E-state index < -0.39 is 12.8 Å². The normalized spacial score (nSPS) is 17.2. The van der Waals surface area contributed by atoms with Crippen LogP contribution in [0.5, 0.6) is 11.8 Å². The molecule has 8 nitrogen and oxygen atoms in total. The van der Waals surface area contributed by atoms with Gasteiger partial charge in [-0.25, -0.2) is 0 Å². The molecule has 220 valence electrons. The predicted molar refractivity (Wildman–Crippen MR) is 153 cm³/mol. The molecular weight excluding hydrogens is 533 g/mol. The minimum absolute atomic E-state index is 0.0123. The fourth-order valence-corrected chi connectivity index (χ4v) is 4.50. The van der Waals surface area contributed by atoms with Crippen LogP contribution < -0.4 is 20.1 Å². The van der Waals surface area contributed by atoms with Crippen molar-refractivity contribution in [1.82, 2.24) is 25.2 Å². The third kappa shape index (κ3) is 9.93. The molecule has 0 radical (unpaired) electrons. The lowest BCUT2D eigenvalue weighted by molar-refractivity contribution is -0.154. The van der Waals surface area contributed by atoms with Crippen molar-refractivity contribution >= 4 is 11.6 Å². The Kier molecular flexibility index (Phi) is 9.69. The predicted octanol–water partition coefficient (Wildman–Crippen LogP) is 5.32. The first-order valence-corrected chi connectivity index (χ1v) is 13.5. The van der Waals surface area contributed by atoms with Gasteiger partial charge in [-0.1, -0.05) is 56.8 Å². The first kappa shape index (κ1) is 30.1. The number of nitrogens with one attached hydrogen (secondary N) is 2. The fraction of sp³-hybridized carbons (Fsp3) is 0.433. The molecule has 6 bridgehead atoms. The first-order chi connectivity index (χ1) is 19.4. The molecule has 1 aromatic heterocycles. The second-order valence-electron chi connectivity index (χ2n) is 11.1. The van der Waals surface area contributed by atoms with E-state index in [1.54, 1.807) is 0 Å². The summed E-state index contributed by atoms with van der Waals surface area (Å²) in [5.74, 6) is 1.18. The Balaban J connectivity index is 1.57. The Morgan fingerprint density at radius 3 is 2.41 bits per heavy atom. The van der Waals surface area contributed by atoms with Crippen molar-refractivity contribution in [3.63, 3.8) is 0 Å². The molecule has 7 rings (SSSR count). The van der Waals surface area contributed by atoms with Gasteiger partial charge in [-0.05, 0) is 47.7 Å². The van der Waals surface area contributed by atoms with E-state index in [2.05, 4.69) is 58.0 Å². The number of halogens is 3. The SMILES string of the molecule is C=C1NCC(C)(C)CN(C)CCCOc2ccc(cc2)CNc2nc(nc(OCC(F)(F)F)n2)Cc2ccc1cc2. The zero-order chi connectivity index (χ0) is 29.5. The molecule has 0 spiro atoms. The molecule has 4 aliphatic heterocycles. The minimum atomic E-state index is -4.51. The van der Waals surface area contributed by atoms with Gasteiger partial charge >= 0.3 is 12.2 Å². The zero-order valence-electron chi connectivity index (χ0n) is 23.7. The molecule has 41 heavy (non-hydrogen) atoms. The number of anilines is 1. The molecular formula is C30H37F3N6O2. The number of hydrogen-bond acceptors (Lipinski definition) is 8. The van der Waals surface area contributed by atoms with E-state index >= 15 is 0 Å². The first-order valence-electron chi connectivity index (χ1n) is 13.5. The highest BCUT2D eigenvalue weighted by molar-refractivity contribution is 5.61. The third-order valence-electron chi connectivity index (χ3n) is 6.50. The summed E-state index contributed by atoms with van der Waals surface area (Å²) in [6, 6.07) is 15.0. The summed E-state index contributed by atoms with van der Waals surface area (Å²) in [6.07, 6.45) is -3.34. The molecule has 2 aromatic carbocycles. The molecule has 2 N–H and O–H groups in total. The van der Waals surface area contributed by atoms with Crippen molar-refractivity contribution in [2.45, 2.75) is 39.4 Å². The summed E-state index contributed by atoms with van der Waals surface area (Å²) in [7, 11) is 2.13. The van der Waals surface area contributed by atoms with E-state index in [4.69, 9.17) is 9.47 Å². The van der Waals surface area contributed by atoms with Gasteiger partial charge < -0.3 is 25.0 Å². The number of aromatic nitrogens is 3. The summed E-state index contributed by atoms with van der Waals surface area (Å²) in [5, 5.41) is 6.53. The fourth-order valence-electron chi connectivity index (χ4n) is 4.50. The van der Waals surface area contributed by atoms with Gasteiger partial charge in [0.05, 0.1) is 6.61 Å². The van der Waals surface area contributed by atoms with E-state index in [1.807, 2.05) is 48.5 Å². The van der Waals surface area contributed by atoms with Crippen LogP contribution in [0.15, 0.2) is 55.1 Å². The van der Waals surface area contributed by atoms with E-state index in [1.165, 1.54) is 0 Å². The Labute approximate surface area is 239 Å². The highest BCUT2D eigenvalue weighted by Crippen LogP contribution is 2.21. The van der Waals surface area contributed by atoms with Crippen LogP contribution in [0.4, 0.5) is 19.1 Å². The van der Waals surface area contributed by atoms with Crippen LogP contribution in [-0.4, -0.2) is 65.9 Å². The third-order valence-corrected chi connectivity index (χ3v) is 6.50. The standard InChI is InChI=1S/C30H37F3N6O2/c1-21-24-10-6-22(7-11-24)16-26-36-27(38-28(37-26)41-20-30(31,32)33)34-17-23-8-12-25(13-9-23)40-15-5-14-39(4)19-29(2,3)18-35-21/h6-13,35H,1,5,14-20H2,2-4H3,(H,34,36,37,38). The molecule has 4 aliphatic rings. The van der Waals surface area contributed by atoms with Crippen LogP contribution in [-0.2, 0) is 13.0 Å². The maximum Gasteiger partial charge on any atom is 0.422 e. The van der Waals surface area contributed by atoms with Crippen LogP contribution in [0.25, 0.3) is 5.70 Å². The lowest BCUT2D eigenvalue weighted by Gasteiger charge is -2.31. The van der Waals surface area contributed by atoms with Gasteiger partial charge in [0.1, 0.15) is 11.6 Å². The largest absolute Gasteiger partial charge is 0.494 e. The summed E-state index contributed by atoms with van der Waals surface area (Å²) >= 11 is 0. The monoisotopic (exact) mass is 570 g/mol. The van der Waals surface area contributed by atoms with Crippen molar-refractivity contribution in [1.29, 1.82) is 0 Å². The van der Waals surface area contributed by atoms with E-state index in [-0.39, 0.29) is 29.6 Å². The maximum absolute atomic E-state index is 12.8. The highest BCUT2D eigenvalue weighted by atomic mass is 19.4. The second-order valence-corrected chi connectivity index (χ2v) is 11.1. The lowest BCUT2D eigenvalue weighted by atomic mass is 9.92. The quantitative estimate of drug-likeness (QED) is 0.429. The van der Waals surface area contributed by atoms with Crippen LogP contribution in [0.2, 0.25) is 0 Å². The average molecular weight is 571 g/mol. The summed E-state index contributed by atoms with van der Waals surface area (Å²) in [4.78, 5) is 14.9. The van der Waals surface area contributed by atoms with Gasteiger partial charge in [0.15, 0.2) is 6.61 Å². The second kappa shape index (κ2) is 13.2. The molecule has 0 unspecified atom stereocenters. The number of nitrogens with zero attached hydrogens (tertiary/aromatic N) is 4. The number of ether oxygens (including phenoxy) is 2. The molecule has 0 aliphatic carbocycles. The Hall–Kier alpha value is -3.86. The molecule has 3 aromatic rings. The van der Waals surface area contributed by atoms with Crippen molar-refractivity contribution in [3.05, 3.63) is 77.6 Å². The van der Waals surface area contributed by atoms with Crippen molar-refractivity contribution in [2.24, 2.45) is 5.41 Å². The molecule has 0 amide bonds. The van der Waals surface area contributed by atoms with Crippen LogP contribution in [0.1, 0.15) is 42.8 Å². The van der Waals surface area contributed by atoms with Gasteiger partial charge in [-0.15, -0.1) is 0 Å². The molecule has 0 fully saturated rings. The number of alkyl halides is 3. The summed E-state index contributed by atoms with van der Waals surface area (Å²) in [6.45, 7) is 10.7. The van der Waals surface area contributed by atoms with Crippen LogP contribution in [0.3, 0.4) is 0 Å². The zero-order valence-corrected chi connectivity index (χ0v) is 23.7. The summed E-state index contributed by atoms with van der Waals surface area (Å²) < 4.78 is 49.2. The highest BCUT2D eigenvalue weighted by Gasteiger charge is 2.29. The van der Waals surface area contributed by atoms with Crippen molar-refractivity contribution in [3.8, 4) is 11.8 Å². The van der Waals surface area contributed by atoms with Gasteiger partial charge in [0.25, 0.3) is 0 Å². The van der Waals surface area contributed by atoms with Gasteiger partial charge in [0, 0.05) is 38.3 Å². The Morgan fingerprint density at radius 2 is 1.71 bits per heavy atom. The molecule has 0 atom stereocenters. The van der Waals surface area contributed by atoms with Gasteiger partial charge in [0.2, 0.25) is 5.95 Å².